The highest BCUT2D eigenvalue weighted by molar-refractivity contribution is 6.32. The number of hydrogen-bond acceptors (Lipinski definition) is 4. The summed E-state index contributed by atoms with van der Waals surface area (Å²) in [4.78, 5) is 26.2. The smallest absolute Gasteiger partial charge is 0.244 e. The molecule has 0 aliphatic carbocycles. The summed E-state index contributed by atoms with van der Waals surface area (Å²) in [6, 6.07) is 8.85. The summed E-state index contributed by atoms with van der Waals surface area (Å²) in [5.74, 6) is 0.214. The highest BCUT2D eigenvalue weighted by Gasteiger charge is 2.19. The zero-order valence-electron chi connectivity index (χ0n) is 16.1. The van der Waals surface area contributed by atoms with Crippen molar-refractivity contribution in [1.82, 2.24) is 0 Å². The number of benzene rings is 2. The third kappa shape index (κ3) is 4.92. The van der Waals surface area contributed by atoms with Crippen molar-refractivity contribution in [2.24, 2.45) is 0 Å². The Bertz CT molecular complexity index is 867. The molecule has 2 aromatic rings. The number of carbonyl (C=O) groups is 2. The maximum Gasteiger partial charge on any atom is 0.244 e. The number of ether oxygens (including phenoxy) is 2. The van der Waals surface area contributed by atoms with Crippen molar-refractivity contribution in [1.29, 1.82) is 0 Å². The number of methoxy groups -OCH3 is 2. The standard InChI is InChI=1S/C20H23ClN2O4/c1-12-6-7-17(13(2)8-12)23(14(3)24)11-20(25)22-16-10-18(26-4)15(21)9-19(16)27-5/h6-10H,11H2,1-5H3,(H,22,25). The Balaban J connectivity index is 2.26. The predicted molar refractivity (Wildman–Crippen MR) is 107 cm³/mol. The van der Waals surface area contributed by atoms with E-state index in [0.29, 0.717) is 27.9 Å². The van der Waals surface area contributed by atoms with Gasteiger partial charge in [-0.1, -0.05) is 29.3 Å². The van der Waals surface area contributed by atoms with E-state index in [4.69, 9.17) is 21.1 Å². The molecular weight excluding hydrogens is 368 g/mol. The quantitative estimate of drug-likeness (QED) is 0.810. The Labute approximate surface area is 164 Å². The minimum Gasteiger partial charge on any atom is -0.495 e. The molecule has 0 saturated carbocycles. The second-order valence-electron chi connectivity index (χ2n) is 6.13. The van der Waals surface area contributed by atoms with Gasteiger partial charge in [-0.05, 0) is 25.5 Å². The number of amides is 2. The average molecular weight is 391 g/mol. The van der Waals surface area contributed by atoms with Gasteiger partial charge in [-0.3, -0.25) is 9.59 Å². The van der Waals surface area contributed by atoms with Crippen molar-refractivity contribution >= 4 is 34.8 Å². The first-order chi connectivity index (χ1) is 12.8. The van der Waals surface area contributed by atoms with Crippen LogP contribution in [0.25, 0.3) is 0 Å². The molecule has 1 N–H and O–H groups in total. The molecule has 144 valence electrons. The number of aryl methyl sites for hydroxylation is 2. The lowest BCUT2D eigenvalue weighted by Gasteiger charge is -2.23. The van der Waals surface area contributed by atoms with Gasteiger partial charge in [-0.25, -0.2) is 0 Å². The first-order valence-electron chi connectivity index (χ1n) is 8.33. The highest BCUT2D eigenvalue weighted by atomic mass is 35.5. The lowest BCUT2D eigenvalue weighted by Crippen LogP contribution is -2.37. The molecule has 0 atom stereocenters. The number of rotatable bonds is 6. The molecule has 0 aliphatic rings. The molecule has 0 heterocycles. The molecule has 0 bridgehead atoms. The molecular formula is C20H23ClN2O4. The van der Waals surface area contributed by atoms with Crippen LogP contribution in [-0.4, -0.2) is 32.6 Å². The van der Waals surface area contributed by atoms with Gasteiger partial charge in [-0.15, -0.1) is 0 Å². The topological polar surface area (TPSA) is 67.9 Å². The normalized spacial score (nSPS) is 10.3. The molecule has 2 amide bonds. The van der Waals surface area contributed by atoms with Crippen molar-refractivity contribution in [2.45, 2.75) is 20.8 Å². The molecule has 0 saturated heterocycles. The van der Waals surface area contributed by atoms with Crippen LogP contribution in [0.3, 0.4) is 0 Å². The van der Waals surface area contributed by atoms with Crippen molar-refractivity contribution < 1.29 is 19.1 Å². The molecule has 0 aliphatic heterocycles. The second-order valence-corrected chi connectivity index (χ2v) is 6.54. The van der Waals surface area contributed by atoms with E-state index in [1.165, 1.54) is 26.0 Å². The second kappa shape index (κ2) is 8.77. The van der Waals surface area contributed by atoms with Crippen molar-refractivity contribution in [3.05, 3.63) is 46.5 Å². The van der Waals surface area contributed by atoms with E-state index in [9.17, 15) is 9.59 Å². The molecule has 2 aromatic carbocycles. The maximum atomic E-state index is 12.6. The number of carbonyl (C=O) groups excluding carboxylic acids is 2. The first kappa shape index (κ1) is 20.6. The van der Waals surface area contributed by atoms with Gasteiger partial charge in [0.15, 0.2) is 0 Å². The van der Waals surface area contributed by atoms with Gasteiger partial charge in [0, 0.05) is 24.7 Å². The SMILES string of the molecule is COc1cc(NC(=O)CN(C(C)=O)c2ccc(C)cc2C)c(OC)cc1Cl. The summed E-state index contributed by atoms with van der Waals surface area (Å²) < 4.78 is 10.4. The number of hydrogen-bond donors (Lipinski definition) is 1. The molecule has 7 heteroatoms. The third-order valence-corrected chi connectivity index (χ3v) is 4.37. The summed E-state index contributed by atoms with van der Waals surface area (Å²) in [6.07, 6.45) is 0. The Hall–Kier alpha value is -2.73. The summed E-state index contributed by atoms with van der Waals surface area (Å²) in [7, 11) is 2.96. The van der Waals surface area contributed by atoms with Crippen LogP contribution in [0, 0.1) is 13.8 Å². The van der Waals surface area contributed by atoms with E-state index >= 15 is 0 Å². The van der Waals surface area contributed by atoms with Crippen LogP contribution < -0.4 is 19.7 Å². The van der Waals surface area contributed by atoms with Crippen LogP contribution in [0.5, 0.6) is 11.5 Å². The van der Waals surface area contributed by atoms with Crippen LogP contribution in [0.1, 0.15) is 18.1 Å². The highest BCUT2D eigenvalue weighted by Crippen LogP contribution is 2.35. The monoisotopic (exact) mass is 390 g/mol. The molecule has 0 unspecified atom stereocenters. The Morgan fingerprint density at radius 1 is 1.07 bits per heavy atom. The molecule has 0 aromatic heterocycles. The largest absolute Gasteiger partial charge is 0.495 e. The van der Waals surface area contributed by atoms with Crippen LogP contribution in [0.2, 0.25) is 5.02 Å². The minimum atomic E-state index is -0.368. The van der Waals surface area contributed by atoms with Gasteiger partial charge in [0.1, 0.15) is 18.0 Å². The van der Waals surface area contributed by atoms with Gasteiger partial charge >= 0.3 is 0 Å². The molecule has 2 rings (SSSR count). The Morgan fingerprint density at radius 2 is 1.74 bits per heavy atom. The first-order valence-corrected chi connectivity index (χ1v) is 8.71. The van der Waals surface area contributed by atoms with E-state index in [2.05, 4.69) is 5.32 Å². The summed E-state index contributed by atoms with van der Waals surface area (Å²) in [5, 5.41) is 3.12. The number of nitrogens with zero attached hydrogens (tertiary/aromatic N) is 1. The van der Waals surface area contributed by atoms with E-state index in [0.717, 1.165) is 11.1 Å². The Kier molecular flexibility index (Phi) is 6.69. The van der Waals surface area contributed by atoms with Crippen molar-refractivity contribution in [3.63, 3.8) is 0 Å². The Morgan fingerprint density at radius 3 is 2.30 bits per heavy atom. The predicted octanol–water partition coefficient (Wildman–Crippen LogP) is 3.97. The number of nitrogens with one attached hydrogen (secondary N) is 1. The number of halogens is 1. The summed E-state index contributed by atoms with van der Waals surface area (Å²) >= 11 is 6.08. The summed E-state index contributed by atoms with van der Waals surface area (Å²) in [5.41, 5.74) is 3.11. The molecule has 0 radical (unpaired) electrons. The maximum absolute atomic E-state index is 12.6. The number of anilines is 2. The molecule has 0 fully saturated rings. The fraction of sp³-hybridized carbons (Fsp3) is 0.300. The van der Waals surface area contributed by atoms with E-state index in [1.807, 2.05) is 32.0 Å². The van der Waals surface area contributed by atoms with Gasteiger partial charge in [0.25, 0.3) is 0 Å². The van der Waals surface area contributed by atoms with Gasteiger partial charge in [0.05, 0.1) is 24.9 Å². The minimum absolute atomic E-state index is 0.132. The van der Waals surface area contributed by atoms with E-state index < -0.39 is 0 Å². The van der Waals surface area contributed by atoms with Crippen LogP contribution in [-0.2, 0) is 9.59 Å². The zero-order valence-corrected chi connectivity index (χ0v) is 16.8. The molecule has 0 spiro atoms. The fourth-order valence-electron chi connectivity index (χ4n) is 2.77. The zero-order chi connectivity index (χ0) is 20.1. The van der Waals surface area contributed by atoms with Crippen LogP contribution in [0.15, 0.2) is 30.3 Å². The average Bonchev–Trinajstić information content (AvgIpc) is 2.61. The molecule has 6 nitrogen and oxygen atoms in total. The van der Waals surface area contributed by atoms with E-state index in [1.54, 1.807) is 12.1 Å². The van der Waals surface area contributed by atoms with Crippen molar-refractivity contribution in [3.8, 4) is 11.5 Å². The summed E-state index contributed by atoms with van der Waals surface area (Å²) in [6.45, 7) is 5.18. The lowest BCUT2D eigenvalue weighted by molar-refractivity contribution is -0.120. The van der Waals surface area contributed by atoms with Crippen molar-refractivity contribution in [2.75, 3.05) is 31.0 Å². The van der Waals surface area contributed by atoms with Gasteiger partial charge in [0.2, 0.25) is 11.8 Å². The van der Waals surface area contributed by atoms with Gasteiger partial charge in [-0.2, -0.15) is 0 Å². The van der Waals surface area contributed by atoms with Gasteiger partial charge < -0.3 is 19.7 Å². The molecule has 27 heavy (non-hydrogen) atoms. The fourth-order valence-corrected chi connectivity index (χ4v) is 3.00. The lowest BCUT2D eigenvalue weighted by atomic mass is 10.1. The van der Waals surface area contributed by atoms with Crippen LogP contribution >= 0.6 is 11.6 Å². The third-order valence-electron chi connectivity index (χ3n) is 4.07. The van der Waals surface area contributed by atoms with Crippen LogP contribution in [0.4, 0.5) is 11.4 Å². The van der Waals surface area contributed by atoms with E-state index in [-0.39, 0.29) is 18.4 Å².